The van der Waals surface area contributed by atoms with E-state index >= 15 is 0 Å². The van der Waals surface area contributed by atoms with E-state index in [2.05, 4.69) is 10.3 Å². The molecule has 0 fully saturated rings. The van der Waals surface area contributed by atoms with E-state index in [0.29, 0.717) is 34.1 Å². The predicted octanol–water partition coefficient (Wildman–Crippen LogP) is 4.51. The topological polar surface area (TPSA) is 77.5 Å². The average molecular weight is 384 g/mol. The van der Waals surface area contributed by atoms with Crippen LogP contribution < -0.4 is 10.1 Å². The van der Waals surface area contributed by atoms with Crippen molar-refractivity contribution in [3.05, 3.63) is 53.6 Å². The van der Waals surface area contributed by atoms with Crippen molar-refractivity contribution in [2.75, 3.05) is 11.9 Å². The maximum Gasteiger partial charge on any atom is 0.338 e. The lowest BCUT2D eigenvalue weighted by molar-refractivity contribution is 0.0526. The molecular formula is C20H20N2O4S. The SMILES string of the molecule is CCOC(=O)c1ccc2nc(NC(=O)c3ccc(OC(C)C)cc3)sc2c1. The van der Waals surface area contributed by atoms with Gasteiger partial charge in [-0.25, -0.2) is 9.78 Å². The average Bonchev–Trinajstić information content (AvgIpc) is 3.03. The van der Waals surface area contributed by atoms with Crippen LogP contribution in [0.4, 0.5) is 5.13 Å². The highest BCUT2D eigenvalue weighted by Gasteiger charge is 2.13. The van der Waals surface area contributed by atoms with Gasteiger partial charge in [0, 0.05) is 5.56 Å². The van der Waals surface area contributed by atoms with Crippen LogP contribution in [0.15, 0.2) is 42.5 Å². The van der Waals surface area contributed by atoms with Gasteiger partial charge in [0.2, 0.25) is 0 Å². The number of aromatic nitrogens is 1. The predicted molar refractivity (Wildman–Crippen MR) is 106 cm³/mol. The van der Waals surface area contributed by atoms with Gasteiger partial charge in [-0.05, 0) is 63.2 Å². The summed E-state index contributed by atoms with van der Waals surface area (Å²) in [5, 5.41) is 3.26. The first kappa shape index (κ1) is 18.8. The zero-order chi connectivity index (χ0) is 19.4. The lowest BCUT2D eigenvalue weighted by Crippen LogP contribution is -2.11. The van der Waals surface area contributed by atoms with Crippen LogP contribution in [0, 0.1) is 0 Å². The summed E-state index contributed by atoms with van der Waals surface area (Å²) in [5.41, 5.74) is 1.69. The van der Waals surface area contributed by atoms with E-state index in [1.54, 1.807) is 49.4 Å². The van der Waals surface area contributed by atoms with E-state index in [0.717, 1.165) is 4.70 Å². The Hall–Kier alpha value is -2.93. The van der Waals surface area contributed by atoms with Crippen molar-refractivity contribution in [3.63, 3.8) is 0 Å². The number of carbonyl (C=O) groups excluding carboxylic acids is 2. The van der Waals surface area contributed by atoms with E-state index in [1.165, 1.54) is 11.3 Å². The zero-order valence-electron chi connectivity index (χ0n) is 15.3. The summed E-state index contributed by atoms with van der Waals surface area (Å²) in [7, 11) is 0. The lowest BCUT2D eigenvalue weighted by atomic mass is 10.2. The van der Waals surface area contributed by atoms with Crippen molar-refractivity contribution >= 4 is 38.6 Å². The van der Waals surface area contributed by atoms with Crippen LogP contribution in [0.5, 0.6) is 5.75 Å². The molecule has 0 aliphatic rings. The number of esters is 1. The summed E-state index contributed by atoms with van der Waals surface area (Å²) < 4.78 is 11.4. The maximum absolute atomic E-state index is 12.4. The number of hydrogen-bond donors (Lipinski definition) is 1. The molecule has 140 valence electrons. The number of rotatable bonds is 6. The van der Waals surface area contributed by atoms with Crippen LogP contribution in [0.1, 0.15) is 41.5 Å². The van der Waals surface area contributed by atoms with Gasteiger partial charge in [0.25, 0.3) is 5.91 Å². The van der Waals surface area contributed by atoms with Gasteiger partial charge in [-0.15, -0.1) is 0 Å². The second-order valence-corrected chi connectivity index (χ2v) is 7.10. The van der Waals surface area contributed by atoms with Crippen LogP contribution in [0.25, 0.3) is 10.2 Å². The molecule has 0 aliphatic carbocycles. The number of anilines is 1. The van der Waals surface area contributed by atoms with Gasteiger partial charge in [0.1, 0.15) is 5.75 Å². The van der Waals surface area contributed by atoms with Crippen molar-refractivity contribution < 1.29 is 19.1 Å². The third kappa shape index (κ3) is 4.62. The van der Waals surface area contributed by atoms with Gasteiger partial charge in [-0.2, -0.15) is 0 Å². The molecule has 0 radical (unpaired) electrons. The van der Waals surface area contributed by atoms with Crippen LogP contribution in [-0.2, 0) is 4.74 Å². The summed E-state index contributed by atoms with van der Waals surface area (Å²) in [5.74, 6) is 0.0888. The molecule has 1 N–H and O–H groups in total. The Kier molecular flexibility index (Phi) is 5.71. The molecule has 3 aromatic rings. The summed E-state index contributed by atoms with van der Waals surface area (Å²) in [6.07, 6.45) is 0.0759. The Balaban J connectivity index is 1.73. The smallest absolute Gasteiger partial charge is 0.338 e. The van der Waals surface area contributed by atoms with Gasteiger partial charge in [-0.3, -0.25) is 10.1 Å². The minimum absolute atomic E-state index is 0.0759. The normalized spacial score (nSPS) is 10.8. The van der Waals surface area contributed by atoms with Gasteiger partial charge < -0.3 is 9.47 Å². The minimum atomic E-state index is -0.373. The second-order valence-electron chi connectivity index (χ2n) is 6.07. The fourth-order valence-corrected chi connectivity index (χ4v) is 3.35. The maximum atomic E-state index is 12.4. The fraction of sp³-hybridized carbons (Fsp3) is 0.250. The zero-order valence-corrected chi connectivity index (χ0v) is 16.1. The van der Waals surface area contributed by atoms with Crippen molar-refractivity contribution in [3.8, 4) is 5.75 Å². The Morgan fingerprint density at radius 1 is 1.11 bits per heavy atom. The molecule has 0 saturated carbocycles. The van der Waals surface area contributed by atoms with E-state index < -0.39 is 0 Å². The number of thiazole rings is 1. The highest BCUT2D eigenvalue weighted by atomic mass is 32.1. The van der Waals surface area contributed by atoms with Crippen LogP contribution in [0.2, 0.25) is 0 Å². The highest BCUT2D eigenvalue weighted by molar-refractivity contribution is 7.22. The quantitative estimate of drug-likeness (QED) is 0.633. The van der Waals surface area contributed by atoms with E-state index in [1.807, 2.05) is 13.8 Å². The monoisotopic (exact) mass is 384 g/mol. The Morgan fingerprint density at radius 2 is 1.81 bits per heavy atom. The fourth-order valence-electron chi connectivity index (χ4n) is 2.45. The number of nitrogens with one attached hydrogen (secondary N) is 1. The summed E-state index contributed by atoms with van der Waals surface area (Å²) >= 11 is 1.31. The number of ether oxygens (including phenoxy) is 2. The molecule has 0 bridgehead atoms. The number of hydrogen-bond acceptors (Lipinski definition) is 6. The first-order chi connectivity index (χ1) is 13.0. The number of fused-ring (bicyclic) bond motifs is 1. The number of nitrogens with zero attached hydrogens (tertiary/aromatic N) is 1. The Bertz CT molecular complexity index is 964. The number of amides is 1. The molecule has 0 spiro atoms. The molecule has 0 saturated heterocycles. The Labute approximate surface area is 161 Å². The van der Waals surface area contributed by atoms with Crippen molar-refractivity contribution in [1.29, 1.82) is 0 Å². The molecule has 0 atom stereocenters. The summed E-state index contributed by atoms with van der Waals surface area (Å²) in [6.45, 7) is 5.97. The molecule has 1 heterocycles. The van der Waals surface area contributed by atoms with Crippen LogP contribution in [-0.4, -0.2) is 29.6 Å². The number of carbonyl (C=O) groups is 2. The highest BCUT2D eigenvalue weighted by Crippen LogP contribution is 2.27. The van der Waals surface area contributed by atoms with Crippen LogP contribution in [0.3, 0.4) is 0 Å². The van der Waals surface area contributed by atoms with Crippen molar-refractivity contribution in [1.82, 2.24) is 4.98 Å². The van der Waals surface area contributed by atoms with Crippen LogP contribution >= 0.6 is 11.3 Å². The van der Waals surface area contributed by atoms with Gasteiger partial charge >= 0.3 is 5.97 Å². The first-order valence-electron chi connectivity index (χ1n) is 8.62. The second kappa shape index (κ2) is 8.18. The van der Waals surface area contributed by atoms with Crippen molar-refractivity contribution in [2.24, 2.45) is 0 Å². The molecule has 27 heavy (non-hydrogen) atoms. The molecule has 1 amide bonds. The molecule has 2 aromatic carbocycles. The number of benzene rings is 2. The molecule has 3 rings (SSSR count). The molecule has 0 aliphatic heterocycles. The van der Waals surface area contributed by atoms with Gasteiger partial charge in [0.05, 0.1) is 28.5 Å². The third-order valence-corrected chi connectivity index (χ3v) is 4.54. The Morgan fingerprint density at radius 3 is 2.48 bits per heavy atom. The van der Waals surface area contributed by atoms with E-state index in [4.69, 9.17) is 9.47 Å². The molecular weight excluding hydrogens is 364 g/mol. The largest absolute Gasteiger partial charge is 0.491 e. The summed E-state index contributed by atoms with van der Waals surface area (Å²) in [4.78, 5) is 28.7. The standard InChI is InChI=1S/C20H20N2O4S/c1-4-25-19(24)14-7-10-16-17(11-14)27-20(21-16)22-18(23)13-5-8-15(9-6-13)26-12(2)3/h5-12H,4H2,1-3H3,(H,21,22,23). The van der Waals surface area contributed by atoms with Gasteiger partial charge in [-0.1, -0.05) is 11.3 Å². The third-order valence-electron chi connectivity index (χ3n) is 3.61. The first-order valence-corrected chi connectivity index (χ1v) is 9.43. The van der Waals surface area contributed by atoms with Crippen molar-refractivity contribution in [2.45, 2.75) is 26.9 Å². The lowest BCUT2D eigenvalue weighted by Gasteiger charge is -2.09. The molecule has 7 heteroatoms. The molecule has 0 unspecified atom stereocenters. The molecule has 6 nitrogen and oxygen atoms in total. The van der Waals surface area contributed by atoms with E-state index in [9.17, 15) is 9.59 Å². The minimum Gasteiger partial charge on any atom is -0.491 e. The molecule has 1 aromatic heterocycles. The summed E-state index contributed by atoms with van der Waals surface area (Å²) in [6, 6.07) is 12.1. The van der Waals surface area contributed by atoms with Gasteiger partial charge in [0.15, 0.2) is 5.13 Å². The van der Waals surface area contributed by atoms with E-state index in [-0.39, 0.29) is 18.0 Å².